The molecule has 1 aliphatic rings. The average Bonchev–Trinajstić information content (AvgIpc) is 2.58. The second kappa shape index (κ2) is 8.87. The molecular formula is C19H28FN3O3. The first kappa shape index (κ1) is 20.0. The monoisotopic (exact) mass is 365 g/mol. The van der Waals surface area contributed by atoms with Crippen molar-refractivity contribution in [2.24, 2.45) is 0 Å². The topological polar surface area (TPSA) is 61.9 Å². The molecule has 1 fully saturated rings. The van der Waals surface area contributed by atoms with Crippen LogP contribution in [0.4, 0.5) is 14.9 Å². The number of benzene rings is 1. The van der Waals surface area contributed by atoms with Gasteiger partial charge in [-0.3, -0.25) is 4.79 Å². The molecule has 1 N–H and O–H groups in total. The third kappa shape index (κ3) is 6.54. The number of carbonyl (C=O) groups is 2. The molecule has 1 aromatic rings. The fraction of sp³-hybridized carbons (Fsp3) is 0.579. The molecule has 2 rings (SSSR count). The number of hydrogen-bond donors (Lipinski definition) is 1. The van der Waals surface area contributed by atoms with Crippen molar-refractivity contribution >= 4 is 17.7 Å². The van der Waals surface area contributed by atoms with Gasteiger partial charge < -0.3 is 19.9 Å². The minimum Gasteiger partial charge on any atom is -0.444 e. The molecular weight excluding hydrogens is 337 g/mol. The number of carbonyl (C=O) groups excluding carboxylic acids is 2. The molecule has 144 valence electrons. The van der Waals surface area contributed by atoms with Gasteiger partial charge in [0.2, 0.25) is 5.91 Å². The number of nitrogens with zero attached hydrogens (tertiary/aromatic N) is 2. The molecule has 0 radical (unpaired) electrons. The molecule has 7 heteroatoms. The first-order chi connectivity index (χ1) is 12.2. The lowest BCUT2D eigenvalue weighted by atomic mass is 10.2. The van der Waals surface area contributed by atoms with Gasteiger partial charge in [0, 0.05) is 44.8 Å². The number of nitrogens with one attached hydrogen (secondary N) is 1. The zero-order valence-corrected chi connectivity index (χ0v) is 15.8. The molecule has 0 atom stereocenters. The number of rotatable bonds is 5. The molecule has 0 bridgehead atoms. The van der Waals surface area contributed by atoms with Crippen LogP contribution in [-0.4, -0.2) is 55.2 Å². The number of ether oxygens (including phenoxy) is 1. The summed E-state index contributed by atoms with van der Waals surface area (Å²) < 4.78 is 18.1. The van der Waals surface area contributed by atoms with Crippen LogP contribution in [0.2, 0.25) is 0 Å². The van der Waals surface area contributed by atoms with E-state index in [-0.39, 0.29) is 11.7 Å². The van der Waals surface area contributed by atoms with E-state index in [0.717, 1.165) is 18.8 Å². The lowest BCUT2D eigenvalue weighted by Gasteiger charge is -2.36. The Morgan fingerprint density at radius 1 is 1.12 bits per heavy atom. The fourth-order valence-corrected chi connectivity index (χ4v) is 2.77. The van der Waals surface area contributed by atoms with Crippen molar-refractivity contribution in [3.05, 3.63) is 30.1 Å². The summed E-state index contributed by atoms with van der Waals surface area (Å²) in [7, 11) is 0. The molecule has 1 aliphatic heterocycles. The summed E-state index contributed by atoms with van der Waals surface area (Å²) in [5, 5.41) is 2.66. The van der Waals surface area contributed by atoms with Crippen LogP contribution in [0, 0.1) is 5.82 Å². The molecule has 0 spiro atoms. The first-order valence-electron chi connectivity index (χ1n) is 9.00. The van der Waals surface area contributed by atoms with Gasteiger partial charge in [-0.2, -0.15) is 0 Å². The minimum atomic E-state index is -0.524. The van der Waals surface area contributed by atoms with Crippen LogP contribution in [0.25, 0.3) is 0 Å². The van der Waals surface area contributed by atoms with Crippen LogP contribution in [0.5, 0.6) is 0 Å². The molecule has 1 heterocycles. The summed E-state index contributed by atoms with van der Waals surface area (Å²) >= 11 is 0. The number of piperazine rings is 1. The van der Waals surface area contributed by atoms with E-state index < -0.39 is 11.7 Å². The van der Waals surface area contributed by atoms with E-state index in [9.17, 15) is 14.0 Å². The van der Waals surface area contributed by atoms with E-state index in [4.69, 9.17) is 4.74 Å². The van der Waals surface area contributed by atoms with Gasteiger partial charge in [-0.05, 0) is 51.5 Å². The van der Waals surface area contributed by atoms with Crippen molar-refractivity contribution in [2.45, 2.75) is 39.2 Å². The Bertz CT molecular complexity index is 605. The zero-order chi connectivity index (χ0) is 19.2. The predicted molar refractivity (Wildman–Crippen MR) is 98.7 cm³/mol. The highest BCUT2D eigenvalue weighted by atomic mass is 19.1. The molecule has 1 aromatic carbocycles. The van der Waals surface area contributed by atoms with Crippen molar-refractivity contribution < 1.29 is 18.7 Å². The number of amides is 2. The van der Waals surface area contributed by atoms with Gasteiger partial charge in [-0.15, -0.1) is 0 Å². The van der Waals surface area contributed by atoms with Crippen molar-refractivity contribution in [1.82, 2.24) is 10.2 Å². The third-order valence-electron chi connectivity index (χ3n) is 4.06. The van der Waals surface area contributed by atoms with Gasteiger partial charge >= 0.3 is 6.09 Å². The Balaban J connectivity index is 1.65. The van der Waals surface area contributed by atoms with E-state index in [2.05, 4.69) is 10.2 Å². The Hall–Kier alpha value is -2.31. The molecule has 0 saturated carbocycles. The maximum Gasteiger partial charge on any atom is 0.407 e. The summed E-state index contributed by atoms with van der Waals surface area (Å²) in [6.45, 7) is 8.59. The van der Waals surface area contributed by atoms with Crippen molar-refractivity contribution in [3.63, 3.8) is 0 Å². The Morgan fingerprint density at radius 3 is 2.31 bits per heavy atom. The number of alkyl carbamates (subject to hydrolysis) is 1. The highest BCUT2D eigenvalue weighted by Gasteiger charge is 2.21. The van der Waals surface area contributed by atoms with Gasteiger partial charge in [0.05, 0.1) is 0 Å². The lowest BCUT2D eigenvalue weighted by Crippen LogP contribution is -2.48. The van der Waals surface area contributed by atoms with Gasteiger partial charge in [-0.1, -0.05) is 0 Å². The molecule has 0 aromatic heterocycles. The van der Waals surface area contributed by atoms with E-state index in [1.54, 1.807) is 12.1 Å². The molecule has 26 heavy (non-hydrogen) atoms. The molecule has 2 amide bonds. The second-order valence-electron chi connectivity index (χ2n) is 7.38. The van der Waals surface area contributed by atoms with Crippen molar-refractivity contribution in [3.8, 4) is 0 Å². The van der Waals surface area contributed by atoms with E-state index in [0.29, 0.717) is 32.5 Å². The van der Waals surface area contributed by atoms with Crippen LogP contribution in [0.3, 0.4) is 0 Å². The summed E-state index contributed by atoms with van der Waals surface area (Å²) in [4.78, 5) is 27.8. The Labute approximate surface area is 154 Å². The quantitative estimate of drug-likeness (QED) is 0.815. The molecule has 0 aliphatic carbocycles. The fourth-order valence-electron chi connectivity index (χ4n) is 2.77. The van der Waals surface area contributed by atoms with Crippen LogP contribution < -0.4 is 10.2 Å². The van der Waals surface area contributed by atoms with Gasteiger partial charge in [0.25, 0.3) is 0 Å². The first-order valence-corrected chi connectivity index (χ1v) is 9.00. The SMILES string of the molecule is CC(C)(C)OC(=O)NCCCC(=O)N1CCN(c2ccc(F)cc2)CC1. The van der Waals surface area contributed by atoms with E-state index in [1.165, 1.54) is 12.1 Å². The van der Waals surface area contributed by atoms with Crippen LogP contribution in [0.15, 0.2) is 24.3 Å². The Kier molecular flexibility index (Phi) is 6.83. The lowest BCUT2D eigenvalue weighted by molar-refractivity contribution is -0.131. The predicted octanol–water partition coefficient (Wildman–Crippen LogP) is 2.78. The summed E-state index contributed by atoms with van der Waals surface area (Å²) in [5.41, 5.74) is 0.449. The molecule has 1 saturated heterocycles. The normalized spacial score (nSPS) is 14.9. The molecule has 0 unspecified atom stereocenters. The molecule has 6 nitrogen and oxygen atoms in total. The van der Waals surface area contributed by atoms with Crippen molar-refractivity contribution in [1.29, 1.82) is 0 Å². The number of hydrogen-bond acceptors (Lipinski definition) is 4. The largest absolute Gasteiger partial charge is 0.444 e. The Morgan fingerprint density at radius 2 is 1.73 bits per heavy atom. The minimum absolute atomic E-state index is 0.0924. The number of anilines is 1. The van der Waals surface area contributed by atoms with Crippen molar-refractivity contribution in [2.75, 3.05) is 37.6 Å². The van der Waals surface area contributed by atoms with E-state index >= 15 is 0 Å². The standard InChI is InChI=1S/C19H28FN3O3/c1-19(2,3)26-18(25)21-10-4-5-17(24)23-13-11-22(12-14-23)16-8-6-15(20)7-9-16/h6-9H,4-5,10-14H2,1-3H3,(H,21,25). The number of halogens is 1. The highest BCUT2D eigenvalue weighted by Crippen LogP contribution is 2.17. The summed E-state index contributed by atoms with van der Waals surface area (Å²) in [6, 6.07) is 6.42. The van der Waals surface area contributed by atoms with Gasteiger partial charge in [0.1, 0.15) is 11.4 Å². The van der Waals surface area contributed by atoms with Crippen LogP contribution in [-0.2, 0) is 9.53 Å². The maximum atomic E-state index is 13.0. The van der Waals surface area contributed by atoms with Gasteiger partial charge in [0.15, 0.2) is 0 Å². The van der Waals surface area contributed by atoms with Gasteiger partial charge in [-0.25, -0.2) is 9.18 Å². The second-order valence-corrected chi connectivity index (χ2v) is 7.38. The summed E-state index contributed by atoms with van der Waals surface area (Å²) in [6.07, 6.45) is 0.514. The smallest absolute Gasteiger partial charge is 0.407 e. The highest BCUT2D eigenvalue weighted by molar-refractivity contribution is 5.76. The summed E-state index contributed by atoms with van der Waals surface area (Å²) in [5.74, 6) is -0.155. The van der Waals surface area contributed by atoms with Crippen LogP contribution >= 0.6 is 0 Å². The van der Waals surface area contributed by atoms with Crippen LogP contribution in [0.1, 0.15) is 33.6 Å². The third-order valence-corrected chi connectivity index (χ3v) is 4.06. The van der Waals surface area contributed by atoms with E-state index in [1.807, 2.05) is 25.7 Å². The maximum absolute atomic E-state index is 13.0. The average molecular weight is 365 g/mol. The zero-order valence-electron chi connectivity index (χ0n) is 15.8.